The number of allylic oxidation sites excluding steroid dienone is 1. The van der Waals surface area contributed by atoms with Gasteiger partial charge in [0.05, 0.1) is 11.8 Å². The first-order valence-corrected chi connectivity index (χ1v) is 8.89. The summed E-state index contributed by atoms with van der Waals surface area (Å²) in [5, 5.41) is 5.07. The molecule has 0 bridgehead atoms. The van der Waals surface area contributed by atoms with Gasteiger partial charge in [-0.1, -0.05) is 42.5 Å². The van der Waals surface area contributed by atoms with Crippen molar-refractivity contribution in [2.24, 2.45) is 0 Å². The number of amides is 2. The summed E-state index contributed by atoms with van der Waals surface area (Å²) in [7, 11) is 0. The van der Waals surface area contributed by atoms with Crippen LogP contribution >= 0.6 is 0 Å². The first kappa shape index (κ1) is 20.9. The van der Waals surface area contributed by atoms with Gasteiger partial charge in [-0.15, -0.1) is 0 Å². The number of nitrogens with one attached hydrogen (secondary N) is 2. The molecule has 0 atom stereocenters. The normalized spacial score (nSPS) is 11.8. The maximum Gasteiger partial charge on any atom is 0.417 e. The van der Waals surface area contributed by atoms with Crippen LogP contribution in [0.2, 0.25) is 0 Å². The summed E-state index contributed by atoms with van der Waals surface area (Å²) in [5.41, 5.74) is -0.0657. The van der Waals surface area contributed by atoms with Gasteiger partial charge in [0, 0.05) is 18.3 Å². The number of carbonyl (C=O) groups is 2. The van der Waals surface area contributed by atoms with Crippen molar-refractivity contribution in [3.8, 4) is 0 Å². The van der Waals surface area contributed by atoms with E-state index in [9.17, 15) is 22.8 Å². The Bertz CT molecular complexity index is 1040. The molecule has 0 fully saturated rings. The summed E-state index contributed by atoms with van der Waals surface area (Å²) in [4.78, 5) is 24.1. The fourth-order valence-electron chi connectivity index (χ4n) is 2.68. The van der Waals surface area contributed by atoms with Gasteiger partial charge in [-0.2, -0.15) is 13.2 Å². The van der Waals surface area contributed by atoms with Gasteiger partial charge in [0.25, 0.3) is 5.91 Å². The van der Waals surface area contributed by atoms with Gasteiger partial charge < -0.3 is 15.1 Å². The zero-order chi connectivity index (χ0) is 21.6. The highest BCUT2D eigenvalue weighted by molar-refractivity contribution is 6.02. The summed E-state index contributed by atoms with van der Waals surface area (Å²) in [6, 6.07) is 16.8. The third kappa shape index (κ3) is 5.60. The Morgan fingerprint density at radius 2 is 1.73 bits per heavy atom. The number of rotatable bonds is 6. The number of furan rings is 1. The van der Waals surface area contributed by atoms with Gasteiger partial charge in [0.15, 0.2) is 5.76 Å². The third-order valence-electron chi connectivity index (χ3n) is 4.06. The zero-order valence-electron chi connectivity index (χ0n) is 15.6. The lowest BCUT2D eigenvalue weighted by molar-refractivity contribution is -0.117. The lowest BCUT2D eigenvalue weighted by atomic mass is 10.1. The van der Waals surface area contributed by atoms with Crippen LogP contribution in [0.5, 0.6) is 0 Å². The first-order valence-electron chi connectivity index (χ1n) is 8.89. The molecule has 3 rings (SSSR count). The molecule has 0 aliphatic rings. The molecule has 2 aromatic carbocycles. The predicted octanol–water partition coefficient (Wildman–Crippen LogP) is 4.79. The number of alkyl halides is 3. The molecule has 5 nitrogen and oxygen atoms in total. The van der Waals surface area contributed by atoms with Crippen molar-refractivity contribution in [2.45, 2.75) is 12.7 Å². The molecule has 0 unspecified atom stereocenters. The monoisotopic (exact) mass is 414 g/mol. The van der Waals surface area contributed by atoms with Crippen LogP contribution in [0.25, 0.3) is 5.57 Å². The lowest BCUT2D eigenvalue weighted by Crippen LogP contribution is -2.23. The molecule has 1 aromatic heterocycles. The first-order chi connectivity index (χ1) is 14.3. The molecule has 8 heteroatoms. The highest BCUT2D eigenvalue weighted by Crippen LogP contribution is 2.33. The minimum absolute atomic E-state index is 0.0142. The van der Waals surface area contributed by atoms with Gasteiger partial charge in [-0.25, -0.2) is 0 Å². The maximum atomic E-state index is 13.3. The van der Waals surface area contributed by atoms with E-state index in [0.717, 1.165) is 0 Å². The number of benzene rings is 2. The second-order valence-electron chi connectivity index (χ2n) is 6.27. The van der Waals surface area contributed by atoms with Crippen LogP contribution in [-0.2, 0) is 11.3 Å². The van der Waals surface area contributed by atoms with Crippen LogP contribution in [0.3, 0.4) is 0 Å². The fourth-order valence-corrected chi connectivity index (χ4v) is 2.68. The van der Waals surface area contributed by atoms with Crippen molar-refractivity contribution in [1.82, 2.24) is 5.32 Å². The van der Waals surface area contributed by atoms with Crippen molar-refractivity contribution in [3.05, 3.63) is 96.0 Å². The Morgan fingerprint density at radius 1 is 0.967 bits per heavy atom. The summed E-state index contributed by atoms with van der Waals surface area (Å²) >= 11 is 0. The fraction of sp³-hybridized carbons (Fsp3) is 0.0909. The Kier molecular flexibility index (Phi) is 6.36. The van der Waals surface area contributed by atoms with E-state index in [-0.39, 0.29) is 17.9 Å². The molecule has 0 aliphatic heterocycles. The van der Waals surface area contributed by atoms with E-state index in [0.29, 0.717) is 17.3 Å². The zero-order valence-corrected chi connectivity index (χ0v) is 15.6. The highest BCUT2D eigenvalue weighted by Gasteiger charge is 2.35. The molecule has 154 valence electrons. The van der Waals surface area contributed by atoms with E-state index >= 15 is 0 Å². The second-order valence-corrected chi connectivity index (χ2v) is 6.27. The Morgan fingerprint density at radius 3 is 2.40 bits per heavy atom. The van der Waals surface area contributed by atoms with Crippen molar-refractivity contribution in [3.63, 3.8) is 0 Å². The molecule has 0 saturated heterocycles. The summed E-state index contributed by atoms with van der Waals surface area (Å²) in [6.45, 7) is -0.0142. The van der Waals surface area contributed by atoms with Gasteiger partial charge in [-0.3, -0.25) is 9.59 Å². The van der Waals surface area contributed by atoms with Gasteiger partial charge in [-0.05, 0) is 35.4 Å². The number of anilines is 1. The molecule has 1 heterocycles. The van der Waals surface area contributed by atoms with E-state index < -0.39 is 23.6 Å². The van der Waals surface area contributed by atoms with Crippen LogP contribution < -0.4 is 10.6 Å². The predicted molar refractivity (Wildman–Crippen MR) is 105 cm³/mol. The minimum atomic E-state index is -4.67. The van der Waals surface area contributed by atoms with Crippen molar-refractivity contribution >= 4 is 23.1 Å². The Hall–Kier alpha value is -3.81. The number of carbonyl (C=O) groups excluding carboxylic acids is 2. The van der Waals surface area contributed by atoms with E-state index in [4.69, 9.17) is 4.42 Å². The molecule has 30 heavy (non-hydrogen) atoms. The van der Waals surface area contributed by atoms with E-state index in [1.54, 1.807) is 36.4 Å². The van der Waals surface area contributed by atoms with E-state index in [1.165, 1.54) is 36.6 Å². The number of halogens is 3. The van der Waals surface area contributed by atoms with Gasteiger partial charge >= 0.3 is 6.18 Å². The van der Waals surface area contributed by atoms with Crippen molar-refractivity contribution in [2.75, 3.05) is 5.32 Å². The maximum absolute atomic E-state index is 13.3. The summed E-state index contributed by atoms with van der Waals surface area (Å²) < 4.78 is 45.0. The van der Waals surface area contributed by atoms with Crippen LogP contribution in [0.1, 0.15) is 21.7 Å². The van der Waals surface area contributed by atoms with Crippen molar-refractivity contribution in [1.29, 1.82) is 0 Å². The minimum Gasteiger partial charge on any atom is -0.459 e. The Labute approximate surface area is 170 Å². The molecule has 3 aromatic rings. The molecular weight excluding hydrogens is 397 g/mol. The molecule has 0 saturated carbocycles. The molecule has 2 amide bonds. The van der Waals surface area contributed by atoms with Gasteiger partial charge in [0.2, 0.25) is 5.91 Å². The van der Waals surface area contributed by atoms with Crippen LogP contribution in [0, 0.1) is 0 Å². The second kappa shape index (κ2) is 9.13. The lowest BCUT2D eigenvalue weighted by Gasteiger charge is -2.12. The smallest absolute Gasteiger partial charge is 0.417 e. The topological polar surface area (TPSA) is 71.3 Å². The van der Waals surface area contributed by atoms with Crippen molar-refractivity contribution < 1.29 is 27.2 Å². The van der Waals surface area contributed by atoms with E-state index in [2.05, 4.69) is 10.6 Å². The average Bonchev–Trinajstić information content (AvgIpc) is 3.26. The van der Waals surface area contributed by atoms with Gasteiger partial charge in [0.1, 0.15) is 0 Å². The number of hydrogen-bond donors (Lipinski definition) is 2. The standard InChI is InChI=1S/C22H17F3N2O3/c23-22(24,25)18(16-7-2-1-3-8-16)13-20(28)26-14-15-6-4-9-17(12-15)27-21(29)19-10-5-11-30-19/h1-13H,14H2,(H,26,28)(H,27,29)/b18-13-. The van der Waals surface area contributed by atoms with Crippen LogP contribution in [0.15, 0.2) is 83.5 Å². The van der Waals surface area contributed by atoms with Crippen LogP contribution in [-0.4, -0.2) is 18.0 Å². The molecule has 0 radical (unpaired) electrons. The van der Waals surface area contributed by atoms with Crippen LogP contribution in [0.4, 0.5) is 18.9 Å². The molecule has 2 N–H and O–H groups in total. The Balaban J connectivity index is 1.66. The van der Waals surface area contributed by atoms with E-state index in [1.807, 2.05) is 0 Å². The quantitative estimate of drug-likeness (QED) is 0.570. The number of hydrogen-bond acceptors (Lipinski definition) is 3. The average molecular weight is 414 g/mol. The summed E-state index contributed by atoms with van der Waals surface area (Å²) in [6.07, 6.45) is -2.76. The SMILES string of the molecule is O=C(/C=C(/c1ccccc1)C(F)(F)F)NCc1cccc(NC(=O)c2ccco2)c1. The molecule has 0 aliphatic carbocycles. The molecular formula is C22H17F3N2O3. The summed E-state index contributed by atoms with van der Waals surface area (Å²) in [5.74, 6) is -1.18. The highest BCUT2D eigenvalue weighted by atomic mass is 19.4. The largest absolute Gasteiger partial charge is 0.459 e. The third-order valence-corrected chi connectivity index (χ3v) is 4.06. The molecule has 0 spiro atoms.